The van der Waals surface area contributed by atoms with Gasteiger partial charge in [-0.1, -0.05) is 0 Å². The first-order valence-corrected chi connectivity index (χ1v) is 11.8. The van der Waals surface area contributed by atoms with Crippen molar-refractivity contribution in [3.63, 3.8) is 0 Å². The van der Waals surface area contributed by atoms with Crippen LogP contribution in [0.25, 0.3) is 5.52 Å². The average molecular weight is 462 g/mol. The maximum absolute atomic E-state index is 13.2. The monoisotopic (exact) mass is 461 g/mol. The summed E-state index contributed by atoms with van der Waals surface area (Å²) in [4.78, 5) is 28.2. The molecule has 32 heavy (non-hydrogen) atoms. The molecule has 172 valence electrons. The van der Waals surface area contributed by atoms with E-state index in [2.05, 4.69) is 20.1 Å². The summed E-state index contributed by atoms with van der Waals surface area (Å²) in [5, 5.41) is 7.09. The summed E-state index contributed by atoms with van der Waals surface area (Å²) in [6.45, 7) is 6.70. The third kappa shape index (κ3) is 4.53. The summed E-state index contributed by atoms with van der Waals surface area (Å²) in [5.74, 6) is -0.0882. The Morgan fingerprint density at radius 2 is 2.06 bits per heavy atom. The highest BCUT2D eigenvalue weighted by Crippen LogP contribution is 2.27. The van der Waals surface area contributed by atoms with Crippen molar-refractivity contribution in [2.45, 2.75) is 40.3 Å². The SMILES string of the molecule is CCS(=O)(=O)NC(C)c1c(C)c(C(=O)NCc2c(OC)cc(C)[nH]c2=O)c2cccnn12. The van der Waals surface area contributed by atoms with Gasteiger partial charge in [-0.25, -0.2) is 17.7 Å². The van der Waals surface area contributed by atoms with Gasteiger partial charge in [-0.2, -0.15) is 5.10 Å². The quantitative estimate of drug-likeness (QED) is 0.466. The number of nitrogens with one attached hydrogen (secondary N) is 3. The predicted molar refractivity (Wildman–Crippen MR) is 120 cm³/mol. The lowest BCUT2D eigenvalue weighted by Crippen LogP contribution is -2.29. The fraction of sp³-hybridized carbons (Fsp3) is 0.381. The number of aromatic amines is 1. The summed E-state index contributed by atoms with van der Waals surface area (Å²) < 4.78 is 33.6. The third-order valence-corrected chi connectivity index (χ3v) is 6.72. The first-order chi connectivity index (χ1) is 15.1. The second kappa shape index (κ2) is 9.13. The van der Waals surface area contributed by atoms with E-state index in [4.69, 9.17) is 4.74 Å². The van der Waals surface area contributed by atoms with Crippen molar-refractivity contribution < 1.29 is 17.9 Å². The van der Waals surface area contributed by atoms with Gasteiger partial charge < -0.3 is 15.0 Å². The Morgan fingerprint density at radius 3 is 2.72 bits per heavy atom. The molecule has 0 spiro atoms. The molecular weight excluding hydrogens is 434 g/mol. The topological polar surface area (TPSA) is 135 Å². The van der Waals surface area contributed by atoms with Gasteiger partial charge in [0.2, 0.25) is 10.0 Å². The van der Waals surface area contributed by atoms with Crippen molar-refractivity contribution in [1.29, 1.82) is 0 Å². The minimum Gasteiger partial charge on any atom is -0.496 e. The number of amides is 1. The normalized spacial score (nSPS) is 12.7. The minimum atomic E-state index is -3.47. The molecule has 0 fully saturated rings. The minimum absolute atomic E-state index is 0.0397. The Labute approximate surface area is 186 Å². The second-order valence-corrected chi connectivity index (χ2v) is 9.50. The molecule has 3 heterocycles. The number of nitrogens with zero attached hydrogens (tertiary/aromatic N) is 2. The largest absolute Gasteiger partial charge is 0.496 e. The van der Waals surface area contributed by atoms with Crippen LogP contribution in [-0.4, -0.2) is 41.8 Å². The number of hydrogen-bond donors (Lipinski definition) is 3. The molecule has 1 atom stereocenters. The van der Waals surface area contributed by atoms with Crippen molar-refractivity contribution in [2.75, 3.05) is 12.9 Å². The fourth-order valence-corrected chi connectivity index (χ4v) is 4.55. The van der Waals surface area contributed by atoms with E-state index < -0.39 is 22.0 Å². The Balaban J connectivity index is 1.99. The Bertz CT molecular complexity index is 1330. The molecule has 0 aliphatic heterocycles. The Hall–Kier alpha value is -3.18. The average Bonchev–Trinajstić information content (AvgIpc) is 3.03. The molecule has 0 aromatic carbocycles. The number of aromatic nitrogens is 3. The molecule has 3 N–H and O–H groups in total. The summed E-state index contributed by atoms with van der Waals surface area (Å²) in [6, 6.07) is 4.51. The number of ether oxygens (including phenoxy) is 1. The lowest BCUT2D eigenvalue weighted by atomic mass is 10.1. The Kier molecular flexibility index (Phi) is 6.70. The highest BCUT2D eigenvalue weighted by molar-refractivity contribution is 7.89. The molecule has 10 nitrogen and oxygen atoms in total. The van der Waals surface area contributed by atoms with E-state index in [0.717, 1.165) is 0 Å². The molecular formula is C21H27N5O5S. The molecule has 0 saturated heterocycles. The summed E-state index contributed by atoms with van der Waals surface area (Å²) in [6.07, 6.45) is 1.56. The molecule has 3 aromatic heterocycles. The van der Waals surface area contributed by atoms with Crippen LogP contribution in [0.5, 0.6) is 5.75 Å². The van der Waals surface area contributed by atoms with Gasteiger partial charge in [-0.3, -0.25) is 9.59 Å². The van der Waals surface area contributed by atoms with Crippen LogP contribution in [-0.2, 0) is 16.6 Å². The number of fused-ring (bicyclic) bond motifs is 1. The number of sulfonamides is 1. The number of carbonyl (C=O) groups excluding carboxylic acids is 1. The van der Waals surface area contributed by atoms with Gasteiger partial charge in [-0.05, 0) is 51.5 Å². The van der Waals surface area contributed by atoms with Crippen molar-refractivity contribution in [1.82, 2.24) is 24.6 Å². The molecule has 1 unspecified atom stereocenters. The number of hydrogen-bond acceptors (Lipinski definition) is 6. The van der Waals surface area contributed by atoms with Crippen molar-refractivity contribution >= 4 is 21.4 Å². The maximum atomic E-state index is 13.2. The summed E-state index contributed by atoms with van der Waals surface area (Å²) in [5.41, 5.74) is 2.66. The number of carbonyl (C=O) groups is 1. The van der Waals surface area contributed by atoms with Crippen molar-refractivity contribution in [3.05, 3.63) is 62.8 Å². The van der Waals surface area contributed by atoms with Gasteiger partial charge in [0.05, 0.1) is 47.8 Å². The van der Waals surface area contributed by atoms with E-state index in [9.17, 15) is 18.0 Å². The van der Waals surface area contributed by atoms with Crippen LogP contribution in [0.4, 0.5) is 0 Å². The molecule has 11 heteroatoms. The molecule has 0 saturated carbocycles. The standard InChI is InChI=1S/C21H27N5O5S/c1-6-32(29,30)25-14(4)19-13(3)18(16-8-7-9-23-26(16)19)21(28)22-11-15-17(31-5)10-12(2)24-20(15)27/h7-10,14,25H,6,11H2,1-5H3,(H,22,28)(H,24,27). The van der Waals surface area contributed by atoms with E-state index in [1.54, 1.807) is 56.6 Å². The van der Waals surface area contributed by atoms with Crippen LogP contribution in [0.3, 0.4) is 0 Å². The van der Waals surface area contributed by atoms with Crippen LogP contribution < -0.4 is 20.3 Å². The zero-order valence-corrected chi connectivity index (χ0v) is 19.5. The van der Waals surface area contributed by atoms with Crippen LogP contribution in [0.2, 0.25) is 0 Å². The van der Waals surface area contributed by atoms with Crippen molar-refractivity contribution in [2.24, 2.45) is 0 Å². The third-order valence-electron chi connectivity index (χ3n) is 5.24. The van der Waals surface area contributed by atoms with Crippen LogP contribution >= 0.6 is 0 Å². The summed E-state index contributed by atoms with van der Waals surface area (Å²) >= 11 is 0. The lowest BCUT2D eigenvalue weighted by molar-refractivity contribution is 0.0951. The first-order valence-electron chi connectivity index (χ1n) is 10.1. The summed E-state index contributed by atoms with van der Waals surface area (Å²) in [7, 11) is -2.01. The lowest BCUT2D eigenvalue weighted by Gasteiger charge is -2.14. The van der Waals surface area contributed by atoms with Crippen LogP contribution in [0, 0.1) is 13.8 Å². The predicted octanol–water partition coefficient (Wildman–Crippen LogP) is 1.58. The molecule has 0 radical (unpaired) electrons. The molecule has 3 aromatic rings. The van der Waals surface area contributed by atoms with Gasteiger partial charge in [-0.15, -0.1) is 0 Å². The highest BCUT2D eigenvalue weighted by atomic mass is 32.2. The highest BCUT2D eigenvalue weighted by Gasteiger charge is 2.26. The molecule has 0 bridgehead atoms. The fourth-order valence-electron chi connectivity index (χ4n) is 3.73. The van der Waals surface area contributed by atoms with Crippen LogP contribution in [0.1, 0.15) is 52.8 Å². The maximum Gasteiger partial charge on any atom is 0.256 e. The van der Waals surface area contributed by atoms with E-state index in [1.165, 1.54) is 7.11 Å². The molecule has 1 amide bonds. The molecule has 0 aliphatic rings. The molecule has 0 aliphatic carbocycles. The zero-order chi connectivity index (χ0) is 23.6. The number of methoxy groups -OCH3 is 1. The second-order valence-electron chi connectivity index (χ2n) is 7.46. The van der Waals surface area contributed by atoms with Crippen molar-refractivity contribution in [3.8, 4) is 5.75 Å². The van der Waals surface area contributed by atoms with E-state index in [-0.39, 0.29) is 17.9 Å². The van der Waals surface area contributed by atoms with E-state index in [0.29, 0.717) is 39.3 Å². The zero-order valence-electron chi connectivity index (χ0n) is 18.6. The van der Waals surface area contributed by atoms with Gasteiger partial charge in [0, 0.05) is 11.9 Å². The first kappa shape index (κ1) is 23.5. The van der Waals surface area contributed by atoms with Crippen LogP contribution in [0.15, 0.2) is 29.2 Å². The molecule has 3 rings (SSSR count). The number of rotatable bonds is 8. The van der Waals surface area contributed by atoms with E-state index in [1.807, 2.05) is 0 Å². The van der Waals surface area contributed by atoms with E-state index >= 15 is 0 Å². The van der Waals surface area contributed by atoms with Gasteiger partial charge in [0.1, 0.15) is 5.75 Å². The van der Waals surface area contributed by atoms with Gasteiger partial charge in [0.15, 0.2) is 0 Å². The number of pyridine rings is 1. The van der Waals surface area contributed by atoms with Gasteiger partial charge in [0.25, 0.3) is 11.5 Å². The Morgan fingerprint density at radius 1 is 1.34 bits per heavy atom. The smallest absolute Gasteiger partial charge is 0.256 e. The van der Waals surface area contributed by atoms with Gasteiger partial charge >= 0.3 is 0 Å². The number of H-pyrrole nitrogens is 1. The number of aryl methyl sites for hydroxylation is 1.